The number of hydrogen-bond donors (Lipinski definition) is 2. The summed E-state index contributed by atoms with van der Waals surface area (Å²) < 4.78 is 4.59. The molecule has 0 spiro atoms. The Kier molecular flexibility index (Phi) is 5.84. The molecule has 0 aromatic carbocycles. The number of rotatable bonds is 5. The third kappa shape index (κ3) is 5.21. The summed E-state index contributed by atoms with van der Waals surface area (Å²) in [7, 11) is -0.150. The Hall–Kier alpha value is -0.480. The van der Waals surface area contributed by atoms with Crippen LogP contribution in [0.1, 0.15) is 6.42 Å². The number of carboxylic acid groups (broad SMARTS) is 1. The molecular weight excluding hydrogens is 181 g/mol. The second-order valence-electron chi connectivity index (χ2n) is 2.20. The molecule has 0 bridgehead atoms. The summed E-state index contributed by atoms with van der Waals surface area (Å²) in [5.74, 6) is 0.282. The van der Waals surface area contributed by atoms with Gasteiger partial charge in [-0.3, -0.25) is 4.79 Å². The van der Waals surface area contributed by atoms with Gasteiger partial charge in [0.2, 0.25) is 6.35 Å². The van der Waals surface area contributed by atoms with Gasteiger partial charge in [0.05, 0.1) is 13.6 Å². The van der Waals surface area contributed by atoms with Gasteiger partial charge in [-0.25, -0.2) is 0 Å². The molecule has 12 heavy (non-hydrogen) atoms. The van der Waals surface area contributed by atoms with Crippen LogP contribution in [0.2, 0.25) is 0 Å². The highest BCUT2D eigenvalue weighted by Gasteiger charge is 2.10. The van der Waals surface area contributed by atoms with E-state index >= 15 is 0 Å². The molecule has 5 nitrogen and oxygen atoms in total. The highest BCUT2D eigenvalue weighted by molar-refractivity contribution is 7.49. The number of ether oxygens (including phenoxy) is 1. The molecule has 0 saturated heterocycles. The first kappa shape index (κ1) is 11.5. The third-order valence-electron chi connectivity index (χ3n) is 1.14. The number of aliphatic carboxylic acids is 1. The van der Waals surface area contributed by atoms with Crippen molar-refractivity contribution >= 4 is 19.5 Å². The van der Waals surface area contributed by atoms with Gasteiger partial charge in [-0.15, -0.1) is 0 Å². The van der Waals surface area contributed by atoms with Crippen molar-refractivity contribution in [2.45, 2.75) is 12.5 Å². The molecule has 0 aromatic heterocycles. The van der Waals surface area contributed by atoms with Crippen LogP contribution in [0.3, 0.4) is 0 Å². The van der Waals surface area contributed by atoms with Crippen LogP contribution in [0.25, 0.3) is 0 Å². The minimum Gasteiger partial charge on any atom is -0.629 e. The summed E-state index contributed by atoms with van der Waals surface area (Å²) >= 11 is 0. The van der Waals surface area contributed by atoms with E-state index in [1.807, 2.05) is 0 Å². The Morgan fingerprint density at radius 1 is 1.92 bits per heavy atom. The number of carbonyl (C=O) groups is 1. The van der Waals surface area contributed by atoms with Gasteiger partial charge < -0.3 is 20.5 Å². The van der Waals surface area contributed by atoms with Crippen LogP contribution < -0.4 is 10.6 Å². The molecule has 0 amide bonds. The van der Waals surface area contributed by atoms with Gasteiger partial charge in [0.25, 0.3) is 0 Å². The second-order valence-corrected chi connectivity index (χ2v) is 3.66. The summed E-state index contributed by atoms with van der Waals surface area (Å²) in [4.78, 5) is 21.1. The number of methoxy groups -OCH3 is 1. The van der Waals surface area contributed by atoms with Crippen LogP contribution in [0.15, 0.2) is 0 Å². The lowest BCUT2D eigenvalue weighted by atomic mass is 10.2. The largest absolute Gasteiger partial charge is 0.629 e. The van der Waals surface area contributed by atoms with Crippen LogP contribution in [-0.2, 0) is 9.53 Å². The maximum absolute atomic E-state index is 10.9. The van der Waals surface area contributed by atoms with E-state index in [1.54, 1.807) is 0 Å². The van der Waals surface area contributed by atoms with Crippen LogP contribution >= 0.6 is 7.77 Å². The SMILES string of the molecule is COC[P+]([O-])=CC[C@H](N)C(=O)O. The predicted molar refractivity (Wildman–Crippen MR) is 45.1 cm³/mol. The highest BCUT2D eigenvalue weighted by atomic mass is 31.1. The van der Waals surface area contributed by atoms with Crippen molar-refractivity contribution in [3.63, 3.8) is 0 Å². The van der Waals surface area contributed by atoms with E-state index in [2.05, 4.69) is 4.74 Å². The lowest BCUT2D eigenvalue weighted by molar-refractivity contribution is -0.156. The zero-order valence-electron chi connectivity index (χ0n) is 6.77. The molecule has 0 fully saturated rings. The molecule has 0 aromatic rings. The van der Waals surface area contributed by atoms with E-state index < -0.39 is 19.8 Å². The van der Waals surface area contributed by atoms with Gasteiger partial charge in [-0.2, -0.15) is 0 Å². The summed E-state index contributed by atoms with van der Waals surface area (Å²) in [5.41, 5.74) is 5.16. The van der Waals surface area contributed by atoms with E-state index in [0.29, 0.717) is 0 Å². The van der Waals surface area contributed by atoms with Crippen molar-refractivity contribution in [2.24, 2.45) is 5.73 Å². The average Bonchev–Trinajstić information content (AvgIpc) is 2.00. The lowest BCUT2D eigenvalue weighted by Crippen LogP contribution is -2.30. The smallest absolute Gasteiger partial charge is 0.320 e. The molecule has 0 rings (SSSR count). The van der Waals surface area contributed by atoms with Gasteiger partial charge in [0.1, 0.15) is 6.04 Å². The maximum Gasteiger partial charge on any atom is 0.320 e. The van der Waals surface area contributed by atoms with Gasteiger partial charge in [0, 0.05) is 13.5 Å². The Labute approximate surface area is 71.6 Å². The molecule has 1 unspecified atom stereocenters. The van der Waals surface area contributed by atoms with Crippen LogP contribution in [0, 0.1) is 0 Å². The van der Waals surface area contributed by atoms with Gasteiger partial charge in [-0.1, -0.05) is 0 Å². The van der Waals surface area contributed by atoms with Crippen molar-refractivity contribution in [3.05, 3.63) is 0 Å². The Balaban J connectivity index is 3.78. The van der Waals surface area contributed by atoms with Crippen molar-refractivity contribution in [1.82, 2.24) is 0 Å². The van der Waals surface area contributed by atoms with Crippen molar-refractivity contribution < 1.29 is 19.5 Å². The molecule has 0 aliphatic heterocycles. The van der Waals surface area contributed by atoms with Crippen molar-refractivity contribution in [2.75, 3.05) is 13.5 Å². The Morgan fingerprint density at radius 2 is 2.50 bits per heavy atom. The minimum atomic E-state index is -1.58. The summed E-state index contributed by atoms with van der Waals surface area (Å²) in [5, 5.41) is 8.35. The Bertz CT molecular complexity index is 182. The first-order chi connectivity index (χ1) is 5.57. The maximum atomic E-state index is 10.9. The molecule has 6 heteroatoms. The first-order valence-corrected chi connectivity index (χ1v) is 4.83. The molecule has 2 atom stereocenters. The van der Waals surface area contributed by atoms with Gasteiger partial charge in [-0.05, 0) is 0 Å². The van der Waals surface area contributed by atoms with E-state index in [1.165, 1.54) is 12.9 Å². The zero-order chi connectivity index (χ0) is 9.56. The predicted octanol–water partition coefficient (Wildman–Crippen LogP) is -1.05. The van der Waals surface area contributed by atoms with Gasteiger partial charge >= 0.3 is 5.97 Å². The topological polar surface area (TPSA) is 95.6 Å². The molecule has 0 aliphatic carbocycles. The van der Waals surface area contributed by atoms with Crippen molar-refractivity contribution in [3.8, 4) is 0 Å². The molecular formula is C6H12NO4P. The van der Waals surface area contributed by atoms with Crippen molar-refractivity contribution in [1.29, 1.82) is 0 Å². The Morgan fingerprint density at radius 3 is 2.92 bits per heavy atom. The fraction of sp³-hybridized carbons (Fsp3) is 0.667. The third-order valence-corrected chi connectivity index (χ3v) is 2.27. The second kappa shape index (κ2) is 6.08. The van der Waals surface area contributed by atoms with Crippen LogP contribution in [0.5, 0.6) is 0 Å². The summed E-state index contributed by atoms with van der Waals surface area (Å²) in [6.45, 7) is 0. The van der Waals surface area contributed by atoms with E-state index in [9.17, 15) is 9.69 Å². The van der Waals surface area contributed by atoms with E-state index in [0.717, 1.165) is 0 Å². The van der Waals surface area contributed by atoms with E-state index in [-0.39, 0.29) is 12.8 Å². The van der Waals surface area contributed by atoms with E-state index in [4.69, 9.17) is 10.8 Å². The van der Waals surface area contributed by atoms with Crippen LogP contribution in [0.4, 0.5) is 0 Å². The summed E-state index contributed by atoms with van der Waals surface area (Å²) in [6, 6.07) is -0.971. The fourth-order valence-corrected chi connectivity index (χ4v) is 1.33. The first-order valence-electron chi connectivity index (χ1n) is 3.32. The number of nitrogens with two attached hydrogens (primary N) is 1. The highest BCUT2D eigenvalue weighted by Crippen LogP contribution is 2.09. The average molecular weight is 193 g/mol. The monoisotopic (exact) mass is 193 g/mol. The summed E-state index contributed by atoms with van der Waals surface area (Å²) in [6.07, 6.45) is 0.218. The van der Waals surface area contributed by atoms with Gasteiger partial charge in [0.15, 0.2) is 0 Å². The fourth-order valence-electron chi connectivity index (χ4n) is 0.512. The molecule has 0 heterocycles. The molecule has 0 radical (unpaired) electrons. The molecule has 70 valence electrons. The quantitative estimate of drug-likeness (QED) is 0.543. The molecule has 0 aliphatic rings. The normalized spacial score (nSPS) is 14.4. The zero-order valence-corrected chi connectivity index (χ0v) is 7.66. The molecule has 0 saturated carbocycles. The minimum absolute atomic E-state index is 0.105. The standard InChI is InChI=1S/C6H12NO4P/c1-11-4-12(10)3-2-5(7)6(8)9/h3,5H,2,4,7H2,1H3,(H,8,9)/t5-/m0/s1. The molecule has 3 N–H and O–H groups in total. The van der Waals surface area contributed by atoms with Crippen LogP contribution in [-0.4, -0.2) is 36.4 Å². The number of carboxylic acids is 1. The lowest BCUT2D eigenvalue weighted by Gasteiger charge is -2.00. The number of hydrogen-bond acceptors (Lipinski definition) is 4.